The summed E-state index contributed by atoms with van der Waals surface area (Å²) in [6.07, 6.45) is -1.18. The van der Waals surface area contributed by atoms with E-state index in [9.17, 15) is 32.7 Å². The van der Waals surface area contributed by atoms with Gasteiger partial charge in [-0.3, -0.25) is 24.0 Å². The molecular weight excluding hydrogens is 560 g/mol. The quantitative estimate of drug-likeness (QED) is 0.373. The summed E-state index contributed by atoms with van der Waals surface area (Å²) in [5.74, 6) is -3.12. The van der Waals surface area contributed by atoms with Crippen LogP contribution in [0.5, 0.6) is 0 Å². The van der Waals surface area contributed by atoms with Gasteiger partial charge in [-0.2, -0.15) is 18.3 Å². The Hall–Kier alpha value is -2.66. The van der Waals surface area contributed by atoms with Crippen LogP contribution in [0.4, 0.5) is 13.2 Å². The molecule has 39 heavy (non-hydrogen) atoms. The third-order valence-electron chi connectivity index (χ3n) is 6.97. The number of hydrogen-bond acceptors (Lipinski definition) is 5. The van der Waals surface area contributed by atoms with Crippen LogP contribution in [-0.4, -0.2) is 55.5 Å². The Bertz CT molecular complexity index is 1250. The first-order valence-corrected chi connectivity index (χ1v) is 13.1. The maximum atomic E-state index is 14.5. The largest absolute Gasteiger partial charge is 0.481 e. The van der Waals surface area contributed by atoms with Gasteiger partial charge in [0.1, 0.15) is 0 Å². The molecule has 214 valence electrons. The Morgan fingerprint density at radius 3 is 2.23 bits per heavy atom. The molecule has 0 aliphatic heterocycles. The molecule has 8 nitrogen and oxygen atoms in total. The second-order valence-corrected chi connectivity index (χ2v) is 12.4. The van der Waals surface area contributed by atoms with Gasteiger partial charge in [0.2, 0.25) is 0 Å². The van der Waals surface area contributed by atoms with Crippen LogP contribution in [0.25, 0.3) is 0 Å². The van der Waals surface area contributed by atoms with E-state index in [4.69, 9.17) is 23.2 Å². The van der Waals surface area contributed by atoms with Crippen molar-refractivity contribution in [2.45, 2.75) is 66.1 Å². The van der Waals surface area contributed by atoms with Crippen LogP contribution >= 0.6 is 23.2 Å². The number of pyridine rings is 1. The van der Waals surface area contributed by atoms with Crippen LogP contribution in [0.15, 0.2) is 18.6 Å². The number of amides is 1. The van der Waals surface area contributed by atoms with Crippen LogP contribution in [0.3, 0.4) is 0 Å². The SMILES string of the molecule is C[C@@H]1C[C@](C)(C(=O)O)CC[C@H]1n1ncc(C(=O)N(CC(=O)c2c(Cl)cncc2Cl)CC(C)(C)C)c1C(F)(F)F. The van der Waals surface area contributed by atoms with Crippen molar-refractivity contribution in [3.05, 3.63) is 45.5 Å². The summed E-state index contributed by atoms with van der Waals surface area (Å²) >= 11 is 12.2. The van der Waals surface area contributed by atoms with Gasteiger partial charge < -0.3 is 10.0 Å². The summed E-state index contributed by atoms with van der Waals surface area (Å²) in [5, 5.41) is 13.5. The number of halogens is 5. The predicted octanol–water partition coefficient (Wildman–Crippen LogP) is 6.43. The lowest BCUT2D eigenvalue weighted by atomic mass is 9.69. The summed E-state index contributed by atoms with van der Waals surface area (Å²) in [5.41, 5.74) is -3.63. The predicted molar refractivity (Wildman–Crippen MR) is 139 cm³/mol. The topological polar surface area (TPSA) is 105 Å². The van der Waals surface area contributed by atoms with Crippen LogP contribution in [-0.2, 0) is 11.0 Å². The highest BCUT2D eigenvalue weighted by Crippen LogP contribution is 2.46. The fraction of sp³-hybridized carbons (Fsp3) is 0.577. The van der Waals surface area contributed by atoms with Crippen LogP contribution in [0, 0.1) is 16.7 Å². The smallest absolute Gasteiger partial charge is 0.433 e. The zero-order valence-electron chi connectivity index (χ0n) is 22.3. The number of carbonyl (C=O) groups excluding carboxylic acids is 2. The Kier molecular flexibility index (Phi) is 8.77. The number of alkyl halides is 3. The van der Waals surface area contributed by atoms with Gasteiger partial charge in [0.05, 0.1) is 45.4 Å². The fourth-order valence-electron chi connectivity index (χ4n) is 5.18. The molecule has 13 heteroatoms. The molecule has 0 unspecified atom stereocenters. The normalized spacial score (nSPS) is 22.0. The molecule has 3 rings (SSSR count). The minimum Gasteiger partial charge on any atom is -0.481 e. The van der Waals surface area contributed by atoms with Gasteiger partial charge in [-0.25, -0.2) is 0 Å². The fourth-order valence-corrected chi connectivity index (χ4v) is 5.76. The summed E-state index contributed by atoms with van der Waals surface area (Å²) < 4.78 is 44.2. The number of carboxylic acids is 1. The van der Waals surface area contributed by atoms with Crippen molar-refractivity contribution in [3.8, 4) is 0 Å². The standard InChI is InChI=1S/C26H31Cl2F3N4O4/c1-14-8-25(5,23(38)39)7-6-18(14)35-21(26(29,30)31)15(9-33-35)22(37)34(13-24(2,3)4)12-19(36)20-16(27)10-32-11-17(20)28/h9-11,14,18H,6-8,12-13H2,1-5H3,(H,38,39)/t14-,18-,25-/m1/s1. The second-order valence-electron chi connectivity index (χ2n) is 11.6. The number of Topliss-reactive ketones (excluding diaryl/α,β-unsaturated/α-hetero) is 1. The molecular formula is C26H31Cl2F3N4O4. The van der Waals surface area contributed by atoms with E-state index in [0.29, 0.717) is 0 Å². The van der Waals surface area contributed by atoms with E-state index in [0.717, 1.165) is 15.8 Å². The van der Waals surface area contributed by atoms with Gasteiger partial charge in [0.15, 0.2) is 11.5 Å². The first-order chi connectivity index (χ1) is 17.9. The zero-order valence-corrected chi connectivity index (χ0v) is 23.8. The van der Waals surface area contributed by atoms with Crippen molar-refractivity contribution in [1.82, 2.24) is 19.7 Å². The minimum absolute atomic E-state index is 0.0425. The Balaban J connectivity index is 2.02. The van der Waals surface area contributed by atoms with E-state index in [2.05, 4.69) is 10.1 Å². The summed E-state index contributed by atoms with van der Waals surface area (Å²) in [6.45, 7) is 7.98. The van der Waals surface area contributed by atoms with E-state index in [1.165, 1.54) is 12.4 Å². The maximum absolute atomic E-state index is 14.5. The first kappa shape index (κ1) is 30.9. The maximum Gasteiger partial charge on any atom is 0.433 e. The van der Waals surface area contributed by atoms with Gasteiger partial charge in [0.25, 0.3) is 5.91 Å². The van der Waals surface area contributed by atoms with E-state index in [1.807, 2.05) is 0 Å². The third-order valence-corrected chi connectivity index (χ3v) is 7.54. The second kappa shape index (κ2) is 11.1. The van der Waals surface area contributed by atoms with E-state index >= 15 is 0 Å². The van der Waals surface area contributed by atoms with Crippen molar-refractivity contribution in [2.75, 3.05) is 13.1 Å². The van der Waals surface area contributed by atoms with Crippen LogP contribution in [0.2, 0.25) is 10.0 Å². The average Bonchev–Trinajstić information content (AvgIpc) is 3.22. The minimum atomic E-state index is -4.94. The number of hydrogen-bond donors (Lipinski definition) is 1. The zero-order chi connectivity index (χ0) is 29.5. The summed E-state index contributed by atoms with van der Waals surface area (Å²) in [6, 6.07) is -0.761. The highest BCUT2D eigenvalue weighted by molar-refractivity contribution is 6.39. The Morgan fingerprint density at radius 2 is 1.74 bits per heavy atom. The molecule has 0 aromatic carbocycles. The highest BCUT2D eigenvalue weighted by Gasteiger charge is 2.47. The molecule has 1 aliphatic carbocycles. The number of aromatic nitrogens is 3. The molecule has 1 amide bonds. The van der Waals surface area contributed by atoms with Crippen molar-refractivity contribution in [1.29, 1.82) is 0 Å². The Labute approximate surface area is 234 Å². The average molecular weight is 591 g/mol. The van der Waals surface area contributed by atoms with Crippen molar-refractivity contribution >= 4 is 40.9 Å². The van der Waals surface area contributed by atoms with Crippen molar-refractivity contribution in [2.24, 2.45) is 16.7 Å². The molecule has 0 bridgehead atoms. The molecule has 1 saturated carbocycles. The van der Waals surface area contributed by atoms with Crippen LogP contribution in [0.1, 0.15) is 86.3 Å². The molecule has 3 atom stereocenters. The highest BCUT2D eigenvalue weighted by atomic mass is 35.5. The molecule has 1 fully saturated rings. The monoisotopic (exact) mass is 590 g/mol. The van der Waals surface area contributed by atoms with E-state index < -0.39 is 64.4 Å². The molecule has 0 radical (unpaired) electrons. The molecule has 2 aromatic heterocycles. The number of carbonyl (C=O) groups is 3. The van der Waals surface area contributed by atoms with Crippen LogP contribution < -0.4 is 0 Å². The Morgan fingerprint density at radius 1 is 1.15 bits per heavy atom. The lowest BCUT2D eigenvalue weighted by Crippen LogP contribution is -2.42. The molecule has 2 heterocycles. The van der Waals surface area contributed by atoms with Gasteiger partial charge in [0, 0.05) is 18.9 Å². The molecule has 1 aliphatic rings. The van der Waals surface area contributed by atoms with Gasteiger partial charge in [-0.05, 0) is 37.5 Å². The number of rotatable bonds is 7. The summed E-state index contributed by atoms with van der Waals surface area (Å²) in [4.78, 5) is 43.3. The number of nitrogens with zero attached hydrogens (tertiary/aromatic N) is 4. The lowest BCUT2D eigenvalue weighted by molar-refractivity contribution is -0.153. The van der Waals surface area contributed by atoms with E-state index in [1.54, 1.807) is 34.6 Å². The number of carboxylic acid groups (broad SMARTS) is 1. The van der Waals surface area contributed by atoms with Crippen molar-refractivity contribution < 1.29 is 32.7 Å². The molecule has 2 aromatic rings. The van der Waals surface area contributed by atoms with Gasteiger partial charge >= 0.3 is 12.1 Å². The molecule has 0 saturated heterocycles. The number of aliphatic carboxylic acids is 1. The van der Waals surface area contributed by atoms with Gasteiger partial charge in [-0.1, -0.05) is 50.9 Å². The molecule has 1 N–H and O–H groups in total. The summed E-state index contributed by atoms with van der Waals surface area (Å²) in [7, 11) is 0. The first-order valence-electron chi connectivity index (χ1n) is 12.4. The van der Waals surface area contributed by atoms with Crippen molar-refractivity contribution in [3.63, 3.8) is 0 Å². The number of ketones is 1. The lowest BCUT2D eigenvalue weighted by Gasteiger charge is -2.39. The molecule has 0 spiro atoms. The third kappa shape index (κ3) is 6.74. The van der Waals surface area contributed by atoms with Gasteiger partial charge in [-0.15, -0.1) is 0 Å². The van der Waals surface area contributed by atoms with E-state index in [-0.39, 0.29) is 41.4 Å².